The number of sulfonamides is 1. The van der Waals surface area contributed by atoms with E-state index in [1.807, 2.05) is 0 Å². The van der Waals surface area contributed by atoms with E-state index < -0.39 is 10.0 Å². The Morgan fingerprint density at radius 2 is 1.95 bits per heavy atom. The molecule has 1 aliphatic heterocycles. The first-order valence-electron chi connectivity index (χ1n) is 7.40. The highest BCUT2D eigenvalue weighted by Crippen LogP contribution is 2.18. The molecular formula is C13H27N3O2S. The van der Waals surface area contributed by atoms with Crippen molar-refractivity contribution >= 4 is 10.0 Å². The summed E-state index contributed by atoms with van der Waals surface area (Å²) in [4.78, 5) is 2.28. The second kappa shape index (κ2) is 6.52. The van der Waals surface area contributed by atoms with E-state index in [-0.39, 0.29) is 11.8 Å². The van der Waals surface area contributed by atoms with E-state index in [1.165, 1.54) is 12.8 Å². The van der Waals surface area contributed by atoms with Crippen molar-refractivity contribution in [3.63, 3.8) is 0 Å². The van der Waals surface area contributed by atoms with Gasteiger partial charge in [-0.3, -0.25) is 0 Å². The second-order valence-electron chi connectivity index (χ2n) is 6.07. The minimum Gasteiger partial charge on any atom is -0.314 e. The Morgan fingerprint density at radius 1 is 1.21 bits per heavy atom. The van der Waals surface area contributed by atoms with Gasteiger partial charge in [0.05, 0.1) is 5.75 Å². The van der Waals surface area contributed by atoms with Gasteiger partial charge in [-0.15, -0.1) is 0 Å². The molecule has 1 heterocycles. The molecule has 2 atom stereocenters. The van der Waals surface area contributed by atoms with Crippen LogP contribution in [0, 0.1) is 0 Å². The normalized spacial score (nSPS) is 29.6. The highest BCUT2D eigenvalue weighted by atomic mass is 32.2. The molecule has 2 rings (SSSR count). The molecule has 5 nitrogen and oxygen atoms in total. The molecule has 112 valence electrons. The van der Waals surface area contributed by atoms with Crippen LogP contribution in [-0.4, -0.2) is 57.3 Å². The third kappa shape index (κ3) is 5.38. The monoisotopic (exact) mass is 289 g/mol. The Labute approximate surface area is 117 Å². The first-order chi connectivity index (χ1) is 8.96. The second-order valence-corrected chi connectivity index (χ2v) is 7.94. The zero-order chi connectivity index (χ0) is 13.9. The van der Waals surface area contributed by atoms with Crippen LogP contribution in [-0.2, 0) is 10.0 Å². The van der Waals surface area contributed by atoms with Crippen molar-refractivity contribution in [1.82, 2.24) is 14.9 Å². The molecule has 0 amide bonds. The first kappa shape index (κ1) is 15.2. The van der Waals surface area contributed by atoms with Gasteiger partial charge in [0, 0.05) is 18.1 Å². The molecule has 0 spiro atoms. The Morgan fingerprint density at radius 3 is 2.58 bits per heavy atom. The van der Waals surface area contributed by atoms with Crippen molar-refractivity contribution in [2.75, 3.05) is 25.9 Å². The molecule has 19 heavy (non-hydrogen) atoms. The summed E-state index contributed by atoms with van der Waals surface area (Å²) in [7, 11) is -1.01. The number of hydrogen-bond acceptors (Lipinski definition) is 4. The zero-order valence-electron chi connectivity index (χ0n) is 12.1. The molecule has 0 radical (unpaired) electrons. The highest BCUT2D eigenvalue weighted by molar-refractivity contribution is 7.89. The Hall–Kier alpha value is -0.170. The quantitative estimate of drug-likeness (QED) is 0.671. The van der Waals surface area contributed by atoms with Gasteiger partial charge in [-0.1, -0.05) is 0 Å². The van der Waals surface area contributed by atoms with Crippen molar-refractivity contribution in [1.29, 1.82) is 0 Å². The topological polar surface area (TPSA) is 61.4 Å². The van der Waals surface area contributed by atoms with Crippen LogP contribution in [0.2, 0.25) is 0 Å². The molecule has 1 aliphatic carbocycles. The molecule has 0 aromatic carbocycles. The smallest absolute Gasteiger partial charge is 0.211 e. The van der Waals surface area contributed by atoms with Crippen LogP contribution < -0.4 is 10.0 Å². The number of piperidine rings is 1. The summed E-state index contributed by atoms with van der Waals surface area (Å²) in [5, 5.41) is 3.35. The molecule has 0 aromatic heterocycles. The molecule has 6 heteroatoms. The highest BCUT2D eigenvalue weighted by Gasteiger charge is 2.26. The predicted octanol–water partition coefficient (Wildman–Crippen LogP) is 0.531. The number of nitrogens with zero attached hydrogens (tertiary/aromatic N) is 1. The fourth-order valence-electron chi connectivity index (χ4n) is 2.57. The summed E-state index contributed by atoms with van der Waals surface area (Å²) < 4.78 is 26.9. The molecule has 1 saturated heterocycles. The Balaban J connectivity index is 1.67. The summed E-state index contributed by atoms with van der Waals surface area (Å²) >= 11 is 0. The maximum Gasteiger partial charge on any atom is 0.211 e. The fraction of sp³-hybridized carbons (Fsp3) is 1.00. The van der Waals surface area contributed by atoms with E-state index in [9.17, 15) is 8.42 Å². The molecule has 2 aliphatic rings. The minimum absolute atomic E-state index is 0.118. The van der Waals surface area contributed by atoms with Crippen molar-refractivity contribution in [3.8, 4) is 0 Å². The Bertz CT molecular complexity index is 381. The average Bonchev–Trinajstić information content (AvgIpc) is 3.13. The molecule has 2 fully saturated rings. The lowest BCUT2D eigenvalue weighted by Gasteiger charge is -2.35. The molecule has 1 saturated carbocycles. The maximum absolute atomic E-state index is 12.0. The minimum atomic E-state index is -3.11. The zero-order valence-corrected chi connectivity index (χ0v) is 12.9. The standard InChI is InChI=1S/C13H27N3O2S/c1-11-10-13(6-8-16(11)2)15-19(17,18)9-3-7-14-12-4-5-12/h11-15H,3-10H2,1-2H3. The van der Waals surface area contributed by atoms with Gasteiger partial charge in [-0.25, -0.2) is 13.1 Å². The van der Waals surface area contributed by atoms with Gasteiger partial charge in [0.25, 0.3) is 0 Å². The van der Waals surface area contributed by atoms with Crippen molar-refractivity contribution in [2.24, 2.45) is 0 Å². The molecule has 2 unspecified atom stereocenters. The molecule has 0 bridgehead atoms. The van der Waals surface area contributed by atoms with E-state index in [4.69, 9.17) is 0 Å². The lowest BCUT2D eigenvalue weighted by Crippen LogP contribution is -2.47. The molecular weight excluding hydrogens is 262 g/mol. The Kier molecular flexibility index (Phi) is 5.22. The van der Waals surface area contributed by atoms with Gasteiger partial charge >= 0.3 is 0 Å². The number of likely N-dealkylation sites (tertiary alicyclic amines) is 1. The van der Waals surface area contributed by atoms with Crippen molar-refractivity contribution in [2.45, 2.75) is 57.2 Å². The van der Waals surface area contributed by atoms with Gasteiger partial charge < -0.3 is 10.2 Å². The van der Waals surface area contributed by atoms with Gasteiger partial charge in [-0.2, -0.15) is 0 Å². The molecule has 2 N–H and O–H groups in total. The predicted molar refractivity (Wildman–Crippen MR) is 77.7 cm³/mol. The van der Waals surface area contributed by atoms with Gasteiger partial charge in [0.2, 0.25) is 10.0 Å². The fourth-order valence-corrected chi connectivity index (χ4v) is 3.93. The van der Waals surface area contributed by atoms with Crippen LogP contribution in [0.1, 0.15) is 39.0 Å². The average molecular weight is 289 g/mol. The van der Waals surface area contributed by atoms with Crippen LogP contribution >= 0.6 is 0 Å². The maximum atomic E-state index is 12.0. The van der Waals surface area contributed by atoms with E-state index >= 15 is 0 Å². The molecule has 0 aromatic rings. The van der Waals surface area contributed by atoms with E-state index in [1.54, 1.807) is 0 Å². The van der Waals surface area contributed by atoms with E-state index in [0.29, 0.717) is 18.5 Å². The number of rotatable bonds is 7. The SMILES string of the molecule is CC1CC(NS(=O)(=O)CCCNC2CC2)CCN1C. The van der Waals surface area contributed by atoms with Crippen molar-refractivity contribution in [3.05, 3.63) is 0 Å². The largest absolute Gasteiger partial charge is 0.314 e. The van der Waals surface area contributed by atoms with Gasteiger partial charge in [0.1, 0.15) is 0 Å². The lowest BCUT2D eigenvalue weighted by molar-refractivity contribution is 0.178. The lowest BCUT2D eigenvalue weighted by atomic mass is 10.0. The third-order valence-corrected chi connectivity index (χ3v) is 5.67. The van der Waals surface area contributed by atoms with Crippen LogP contribution in [0.3, 0.4) is 0 Å². The summed E-state index contributed by atoms with van der Waals surface area (Å²) in [5.74, 6) is 0.243. The van der Waals surface area contributed by atoms with Crippen LogP contribution in [0.5, 0.6) is 0 Å². The summed E-state index contributed by atoms with van der Waals surface area (Å²) in [6, 6.07) is 1.23. The van der Waals surface area contributed by atoms with Gasteiger partial charge in [0.15, 0.2) is 0 Å². The first-order valence-corrected chi connectivity index (χ1v) is 9.05. The van der Waals surface area contributed by atoms with Crippen molar-refractivity contribution < 1.29 is 8.42 Å². The number of nitrogens with one attached hydrogen (secondary N) is 2. The van der Waals surface area contributed by atoms with E-state index in [0.717, 1.165) is 25.9 Å². The van der Waals surface area contributed by atoms with Crippen LogP contribution in [0.15, 0.2) is 0 Å². The van der Waals surface area contributed by atoms with E-state index in [2.05, 4.69) is 28.9 Å². The summed E-state index contributed by atoms with van der Waals surface area (Å²) in [6.07, 6.45) is 5.03. The third-order valence-electron chi connectivity index (χ3n) is 4.15. The van der Waals surface area contributed by atoms with Gasteiger partial charge in [-0.05, 0) is 59.2 Å². The van der Waals surface area contributed by atoms with Crippen LogP contribution in [0.25, 0.3) is 0 Å². The summed E-state index contributed by atoms with van der Waals surface area (Å²) in [6.45, 7) is 3.94. The summed E-state index contributed by atoms with van der Waals surface area (Å²) in [5.41, 5.74) is 0. The van der Waals surface area contributed by atoms with Crippen LogP contribution in [0.4, 0.5) is 0 Å². The number of hydrogen-bond donors (Lipinski definition) is 2.